The molecule has 0 saturated heterocycles. The first-order valence-corrected chi connectivity index (χ1v) is 8.55. The monoisotopic (exact) mass is 385 g/mol. The summed E-state index contributed by atoms with van der Waals surface area (Å²) in [6, 6.07) is 17.5. The van der Waals surface area contributed by atoms with Gasteiger partial charge in [0.15, 0.2) is 5.75 Å². The summed E-state index contributed by atoms with van der Waals surface area (Å²) in [4.78, 5) is 0. The van der Waals surface area contributed by atoms with Gasteiger partial charge in [-0.2, -0.15) is 0 Å². The molecule has 0 aliphatic rings. The molecule has 4 aromatic rings. The number of rotatable bonds is 4. The van der Waals surface area contributed by atoms with Gasteiger partial charge in [0.25, 0.3) is 0 Å². The molecule has 0 saturated carbocycles. The van der Waals surface area contributed by atoms with E-state index in [0.717, 1.165) is 16.3 Å². The first-order chi connectivity index (χ1) is 12.6. The van der Waals surface area contributed by atoms with Crippen LogP contribution in [0.4, 0.5) is 6.01 Å². The number of nitrogens with two attached hydrogens (primary N) is 1. The lowest BCUT2D eigenvalue weighted by atomic mass is 10.1. The quantitative estimate of drug-likeness (QED) is 0.511. The molecule has 1 aromatic heterocycles. The van der Waals surface area contributed by atoms with Crippen molar-refractivity contribution in [2.45, 2.75) is 6.61 Å². The molecule has 1 heterocycles. The molecule has 130 valence electrons. The van der Waals surface area contributed by atoms with Crippen LogP contribution < -0.4 is 10.5 Å². The lowest BCUT2D eigenvalue weighted by molar-refractivity contribution is 0.308. The number of halogens is 2. The summed E-state index contributed by atoms with van der Waals surface area (Å²) in [5.41, 5.74) is 7.06. The molecule has 0 radical (unpaired) electrons. The van der Waals surface area contributed by atoms with Gasteiger partial charge in [-0.3, -0.25) is 0 Å². The first kappa shape index (κ1) is 16.7. The fourth-order valence-electron chi connectivity index (χ4n) is 2.74. The summed E-state index contributed by atoms with van der Waals surface area (Å²) in [6.45, 7) is 0.341. The van der Waals surface area contributed by atoms with Gasteiger partial charge < -0.3 is 14.9 Å². The Balaban J connectivity index is 1.62. The molecular weight excluding hydrogens is 373 g/mol. The fraction of sp³-hybridized carbons (Fsp3) is 0.0526. The third-order valence-electron chi connectivity index (χ3n) is 3.94. The molecule has 3 aromatic carbocycles. The van der Waals surface area contributed by atoms with Crippen LogP contribution >= 0.6 is 23.2 Å². The molecule has 4 rings (SSSR count). The number of hydrogen-bond acceptors (Lipinski definition) is 5. The van der Waals surface area contributed by atoms with Crippen molar-refractivity contribution >= 4 is 40.0 Å². The number of nitrogens with zero attached hydrogens (tertiary/aromatic N) is 2. The Morgan fingerprint density at radius 2 is 1.69 bits per heavy atom. The van der Waals surface area contributed by atoms with Crippen molar-refractivity contribution in [3.05, 3.63) is 70.2 Å². The normalized spacial score (nSPS) is 11.0. The zero-order valence-electron chi connectivity index (χ0n) is 13.4. The van der Waals surface area contributed by atoms with Gasteiger partial charge in [-0.1, -0.05) is 70.8 Å². The van der Waals surface area contributed by atoms with Gasteiger partial charge in [0.2, 0.25) is 5.89 Å². The van der Waals surface area contributed by atoms with Crippen LogP contribution in [0, 0.1) is 0 Å². The second-order valence-electron chi connectivity index (χ2n) is 5.64. The van der Waals surface area contributed by atoms with Gasteiger partial charge in [0, 0.05) is 5.56 Å². The number of anilines is 1. The van der Waals surface area contributed by atoms with Gasteiger partial charge in [-0.05, 0) is 28.5 Å². The van der Waals surface area contributed by atoms with E-state index < -0.39 is 0 Å². The number of hydrogen-bond donors (Lipinski definition) is 1. The minimum absolute atomic E-state index is 0.0245. The van der Waals surface area contributed by atoms with Gasteiger partial charge in [-0.25, -0.2) is 0 Å². The zero-order chi connectivity index (χ0) is 18.1. The molecule has 7 heteroatoms. The van der Waals surface area contributed by atoms with Gasteiger partial charge >= 0.3 is 6.01 Å². The maximum absolute atomic E-state index is 6.35. The number of ether oxygens (including phenoxy) is 1. The molecule has 0 aliphatic carbocycles. The molecule has 0 fully saturated rings. The van der Waals surface area contributed by atoms with Crippen molar-refractivity contribution in [2.24, 2.45) is 0 Å². The standard InChI is InChI=1S/C19H13Cl2N3O2/c20-15-8-13(18-23-24-19(22)26-18)9-16(21)17(15)25-10-12-6-3-5-11-4-1-2-7-14(11)12/h1-9H,10H2,(H2,22,24). The van der Waals surface area contributed by atoms with E-state index in [4.69, 9.17) is 38.1 Å². The number of fused-ring (bicyclic) bond motifs is 1. The average Bonchev–Trinajstić information content (AvgIpc) is 3.07. The van der Waals surface area contributed by atoms with Crippen LogP contribution in [0.1, 0.15) is 5.56 Å². The van der Waals surface area contributed by atoms with E-state index in [1.165, 1.54) is 0 Å². The third kappa shape index (κ3) is 3.19. The summed E-state index contributed by atoms with van der Waals surface area (Å²) < 4.78 is 11.1. The van der Waals surface area contributed by atoms with Crippen molar-refractivity contribution in [1.82, 2.24) is 10.2 Å². The third-order valence-corrected chi connectivity index (χ3v) is 4.50. The van der Waals surface area contributed by atoms with E-state index in [9.17, 15) is 0 Å². The number of aromatic nitrogens is 2. The largest absolute Gasteiger partial charge is 0.486 e. The van der Waals surface area contributed by atoms with Crippen LogP contribution in [0.2, 0.25) is 10.0 Å². The fourth-order valence-corrected chi connectivity index (χ4v) is 3.34. The van der Waals surface area contributed by atoms with Crippen molar-refractivity contribution in [2.75, 3.05) is 5.73 Å². The molecule has 0 unspecified atom stereocenters. The Bertz CT molecular complexity index is 1070. The van der Waals surface area contributed by atoms with E-state index >= 15 is 0 Å². The van der Waals surface area contributed by atoms with Crippen LogP contribution in [-0.4, -0.2) is 10.2 Å². The Labute approximate surface area is 159 Å². The average molecular weight is 386 g/mol. The van der Waals surface area contributed by atoms with E-state index in [-0.39, 0.29) is 11.9 Å². The summed E-state index contributed by atoms with van der Waals surface area (Å²) in [5.74, 6) is 0.643. The highest BCUT2D eigenvalue weighted by Gasteiger charge is 2.15. The summed E-state index contributed by atoms with van der Waals surface area (Å²) in [5, 5.41) is 10.4. The lowest BCUT2D eigenvalue weighted by Crippen LogP contribution is -1.98. The highest BCUT2D eigenvalue weighted by Crippen LogP contribution is 2.38. The van der Waals surface area contributed by atoms with Crippen LogP contribution in [0.15, 0.2) is 59.0 Å². The van der Waals surface area contributed by atoms with E-state index in [1.54, 1.807) is 12.1 Å². The predicted molar refractivity (Wildman–Crippen MR) is 102 cm³/mol. The first-order valence-electron chi connectivity index (χ1n) is 7.79. The minimum atomic E-state index is -0.0245. The van der Waals surface area contributed by atoms with Crippen LogP contribution in [0.3, 0.4) is 0 Å². The maximum Gasteiger partial charge on any atom is 0.313 e. The van der Waals surface area contributed by atoms with Crippen molar-refractivity contribution in [3.63, 3.8) is 0 Å². The summed E-state index contributed by atoms with van der Waals surface area (Å²) >= 11 is 12.7. The Hall–Kier alpha value is -2.76. The second-order valence-corrected chi connectivity index (χ2v) is 6.46. The van der Waals surface area contributed by atoms with Crippen LogP contribution in [0.25, 0.3) is 22.2 Å². The highest BCUT2D eigenvalue weighted by molar-refractivity contribution is 6.37. The molecule has 26 heavy (non-hydrogen) atoms. The smallest absolute Gasteiger partial charge is 0.313 e. The van der Waals surface area contributed by atoms with Gasteiger partial charge in [-0.15, -0.1) is 5.10 Å². The molecular formula is C19H13Cl2N3O2. The van der Waals surface area contributed by atoms with Gasteiger partial charge in [0.1, 0.15) is 6.61 Å². The number of nitrogen functional groups attached to an aromatic ring is 1. The minimum Gasteiger partial charge on any atom is -0.486 e. The van der Waals surface area contributed by atoms with E-state index in [2.05, 4.69) is 28.4 Å². The topological polar surface area (TPSA) is 74.2 Å². The van der Waals surface area contributed by atoms with Crippen LogP contribution in [-0.2, 0) is 6.61 Å². The second kappa shape index (κ2) is 6.86. The molecule has 2 N–H and O–H groups in total. The van der Waals surface area contributed by atoms with Crippen molar-refractivity contribution in [1.29, 1.82) is 0 Å². The lowest BCUT2D eigenvalue weighted by Gasteiger charge is -2.12. The van der Waals surface area contributed by atoms with E-state index in [0.29, 0.717) is 28.0 Å². The Morgan fingerprint density at radius 3 is 2.42 bits per heavy atom. The molecule has 0 spiro atoms. The van der Waals surface area contributed by atoms with Crippen molar-refractivity contribution < 1.29 is 9.15 Å². The number of benzene rings is 3. The Kier molecular flexibility index (Phi) is 4.41. The van der Waals surface area contributed by atoms with Crippen LogP contribution in [0.5, 0.6) is 5.75 Å². The molecule has 0 amide bonds. The van der Waals surface area contributed by atoms with Crippen molar-refractivity contribution in [3.8, 4) is 17.2 Å². The van der Waals surface area contributed by atoms with Gasteiger partial charge in [0.05, 0.1) is 10.0 Å². The summed E-state index contributed by atoms with van der Waals surface area (Å²) in [7, 11) is 0. The highest BCUT2D eigenvalue weighted by atomic mass is 35.5. The molecule has 0 atom stereocenters. The zero-order valence-corrected chi connectivity index (χ0v) is 15.0. The predicted octanol–water partition coefficient (Wildman–Crippen LogP) is 5.36. The molecule has 0 bridgehead atoms. The van der Waals surface area contributed by atoms with E-state index in [1.807, 2.05) is 24.3 Å². The SMILES string of the molecule is Nc1nnc(-c2cc(Cl)c(OCc3cccc4ccccc34)c(Cl)c2)o1. The molecule has 0 aliphatic heterocycles. The summed E-state index contributed by atoms with van der Waals surface area (Å²) in [6.07, 6.45) is 0. The maximum atomic E-state index is 6.35. The molecule has 5 nitrogen and oxygen atoms in total. The Morgan fingerprint density at radius 1 is 0.962 bits per heavy atom.